The maximum atomic E-state index is 11.0. The van der Waals surface area contributed by atoms with Gasteiger partial charge in [0.1, 0.15) is 6.10 Å². The normalized spacial score (nSPS) is 11.7. The number of primary amides is 1. The average molecular weight is 291 g/mol. The van der Waals surface area contributed by atoms with Crippen molar-refractivity contribution in [3.05, 3.63) is 38.7 Å². The molecule has 0 radical (unpaired) electrons. The molecule has 0 aliphatic rings. The van der Waals surface area contributed by atoms with E-state index in [1.807, 2.05) is 0 Å². The van der Waals surface area contributed by atoms with Crippen LogP contribution in [0.2, 0.25) is 10.0 Å². The Bertz CT molecular complexity index is 473. The van der Waals surface area contributed by atoms with Crippen molar-refractivity contribution < 1.29 is 14.3 Å². The summed E-state index contributed by atoms with van der Waals surface area (Å²) in [4.78, 5) is 31.9. The number of benzene rings is 1. The molecule has 1 rings (SSSR count). The van der Waals surface area contributed by atoms with E-state index in [0.717, 1.165) is 0 Å². The number of carbonyl (C=O) groups excluding carboxylic acids is 2. The number of rotatable bonds is 4. The van der Waals surface area contributed by atoms with Crippen molar-refractivity contribution in [2.45, 2.75) is 12.5 Å². The topological polar surface area (TPSA) is 98.8 Å². The molecule has 0 bridgehead atoms. The van der Waals surface area contributed by atoms with Crippen LogP contribution in [0.1, 0.15) is 18.1 Å². The number of nitrogens with two attached hydrogens (primary N) is 1. The van der Waals surface area contributed by atoms with E-state index in [0.29, 0.717) is 0 Å². The second-order valence-electron chi connectivity index (χ2n) is 3.25. The number of hydrogen-bond donors (Lipinski definition) is 1. The first-order valence-corrected chi connectivity index (χ1v) is 5.47. The lowest BCUT2D eigenvalue weighted by Crippen LogP contribution is -2.19. The Kier molecular flexibility index (Phi) is 5.06. The van der Waals surface area contributed by atoms with Crippen molar-refractivity contribution >= 4 is 35.2 Å². The molecule has 0 heterocycles. The Morgan fingerprint density at radius 1 is 1.33 bits per heavy atom. The van der Waals surface area contributed by atoms with Gasteiger partial charge in [-0.25, -0.2) is 4.79 Å². The summed E-state index contributed by atoms with van der Waals surface area (Å²) < 4.78 is 4.72. The molecule has 0 saturated carbocycles. The number of carbonyl (C=O) groups is 2. The molecule has 1 aromatic rings. The van der Waals surface area contributed by atoms with Crippen LogP contribution in [0.4, 0.5) is 4.79 Å². The monoisotopic (exact) mass is 290 g/mol. The van der Waals surface area contributed by atoms with E-state index in [1.54, 1.807) is 6.07 Å². The van der Waals surface area contributed by atoms with Crippen LogP contribution in [0.3, 0.4) is 0 Å². The first-order chi connectivity index (χ1) is 8.45. The van der Waals surface area contributed by atoms with E-state index in [9.17, 15) is 14.5 Å². The van der Waals surface area contributed by atoms with Crippen LogP contribution >= 0.6 is 23.2 Å². The molecule has 8 heteroatoms. The molecule has 18 heavy (non-hydrogen) atoms. The van der Waals surface area contributed by atoms with Gasteiger partial charge in [0.05, 0.1) is 6.42 Å². The van der Waals surface area contributed by atoms with E-state index >= 15 is 0 Å². The summed E-state index contributed by atoms with van der Waals surface area (Å²) in [6, 6.07) is 4.58. The molecule has 0 spiro atoms. The molecule has 0 aliphatic carbocycles. The fraction of sp³-hybridized carbons (Fsp3) is 0.200. The molecule has 0 saturated heterocycles. The molecule has 0 aliphatic heterocycles. The molecule has 2 N–H and O–H groups in total. The standard InChI is InChI=1S/C10H8Cl2N2O4/c11-5-2-1-3-6(12)9(5)7(18-10(13)16)4-8(15)14-17/h1-3,7H,4H2,(H2,13,16)/t7-/m1/s1. The zero-order valence-corrected chi connectivity index (χ0v) is 10.4. The number of nitrogens with zero attached hydrogens (tertiary/aromatic N) is 1. The molecular weight excluding hydrogens is 283 g/mol. The summed E-state index contributed by atoms with van der Waals surface area (Å²) >= 11 is 11.8. The second kappa shape index (κ2) is 6.32. The number of amides is 2. The molecule has 0 unspecified atom stereocenters. The van der Waals surface area contributed by atoms with Gasteiger partial charge in [-0.15, -0.1) is 4.91 Å². The fourth-order valence-corrected chi connectivity index (χ4v) is 2.00. The van der Waals surface area contributed by atoms with Gasteiger partial charge in [0.25, 0.3) is 5.91 Å². The number of ether oxygens (including phenoxy) is 1. The lowest BCUT2D eigenvalue weighted by atomic mass is 10.1. The van der Waals surface area contributed by atoms with Gasteiger partial charge < -0.3 is 10.5 Å². The lowest BCUT2D eigenvalue weighted by molar-refractivity contribution is -0.119. The molecule has 6 nitrogen and oxygen atoms in total. The van der Waals surface area contributed by atoms with Crippen LogP contribution in [0.5, 0.6) is 0 Å². The zero-order valence-electron chi connectivity index (χ0n) is 8.93. The maximum absolute atomic E-state index is 11.0. The highest BCUT2D eigenvalue weighted by Crippen LogP contribution is 2.34. The van der Waals surface area contributed by atoms with Gasteiger partial charge >= 0.3 is 6.09 Å². The van der Waals surface area contributed by atoms with Gasteiger partial charge in [-0.05, 0) is 12.1 Å². The Morgan fingerprint density at radius 3 is 2.33 bits per heavy atom. The minimum atomic E-state index is -1.14. The summed E-state index contributed by atoms with van der Waals surface area (Å²) in [6.45, 7) is 0. The summed E-state index contributed by atoms with van der Waals surface area (Å²) in [7, 11) is 0. The predicted molar refractivity (Wildman–Crippen MR) is 65.3 cm³/mol. The van der Waals surface area contributed by atoms with Gasteiger partial charge in [-0.3, -0.25) is 4.79 Å². The maximum Gasteiger partial charge on any atom is 0.405 e. The van der Waals surface area contributed by atoms with Crippen LogP contribution in [0.15, 0.2) is 23.4 Å². The molecule has 0 aromatic heterocycles. The molecular formula is C10H8Cl2N2O4. The molecule has 1 aromatic carbocycles. The Morgan fingerprint density at radius 2 is 1.89 bits per heavy atom. The van der Waals surface area contributed by atoms with E-state index in [-0.39, 0.29) is 15.6 Å². The predicted octanol–water partition coefficient (Wildman–Crippen LogP) is 2.81. The SMILES string of the molecule is NC(=O)O[C@H](CC(=O)N=O)c1c(Cl)cccc1Cl. The van der Waals surface area contributed by atoms with Gasteiger partial charge in [0, 0.05) is 20.8 Å². The number of halogens is 2. The average Bonchev–Trinajstić information content (AvgIpc) is 2.27. The van der Waals surface area contributed by atoms with Crippen LogP contribution in [-0.4, -0.2) is 12.0 Å². The van der Waals surface area contributed by atoms with Gasteiger partial charge in [0.15, 0.2) is 0 Å². The van der Waals surface area contributed by atoms with Gasteiger partial charge in [-0.1, -0.05) is 29.3 Å². The van der Waals surface area contributed by atoms with Crippen molar-refractivity contribution in [2.24, 2.45) is 10.9 Å². The Balaban J connectivity index is 3.12. The fourth-order valence-electron chi connectivity index (χ4n) is 1.36. The minimum Gasteiger partial charge on any atom is -0.441 e. The third-order valence-corrected chi connectivity index (χ3v) is 2.70. The minimum absolute atomic E-state index is 0.187. The highest BCUT2D eigenvalue weighted by molar-refractivity contribution is 6.36. The quantitative estimate of drug-likeness (QED) is 0.862. The van der Waals surface area contributed by atoms with Crippen LogP contribution < -0.4 is 5.73 Å². The third kappa shape index (κ3) is 3.68. The summed E-state index contributed by atoms with van der Waals surface area (Å²) in [5.74, 6) is -1.00. The Hall–Kier alpha value is -1.66. The van der Waals surface area contributed by atoms with Crippen molar-refractivity contribution in [1.82, 2.24) is 0 Å². The zero-order chi connectivity index (χ0) is 13.7. The van der Waals surface area contributed by atoms with Crippen molar-refractivity contribution in [3.8, 4) is 0 Å². The smallest absolute Gasteiger partial charge is 0.405 e. The second-order valence-corrected chi connectivity index (χ2v) is 4.06. The van der Waals surface area contributed by atoms with Crippen LogP contribution in [-0.2, 0) is 9.53 Å². The van der Waals surface area contributed by atoms with E-state index in [1.165, 1.54) is 12.1 Å². The van der Waals surface area contributed by atoms with Crippen LogP contribution in [0.25, 0.3) is 0 Å². The third-order valence-electron chi connectivity index (χ3n) is 2.04. The van der Waals surface area contributed by atoms with Gasteiger partial charge in [0.2, 0.25) is 0 Å². The molecule has 0 fully saturated rings. The van der Waals surface area contributed by atoms with E-state index in [2.05, 4.69) is 5.18 Å². The molecule has 2 amide bonds. The number of hydrogen-bond acceptors (Lipinski definition) is 4. The van der Waals surface area contributed by atoms with Crippen molar-refractivity contribution in [2.75, 3.05) is 0 Å². The largest absolute Gasteiger partial charge is 0.441 e. The summed E-state index contributed by atoms with van der Waals surface area (Å²) in [5.41, 5.74) is 5.09. The Labute approximate surface area is 112 Å². The lowest BCUT2D eigenvalue weighted by Gasteiger charge is -2.17. The summed E-state index contributed by atoms with van der Waals surface area (Å²) in [6.07, 6.45) is -2.74. The van der Waals surface area contributed by atoms with Crippen molar-refractivity contribution in [3.63, 3.8) is 0 Å². The van der Waals surface area contributed by atoms with E-state index < -0.39 is 24.5 Å². The summed E-state index contributed by atoms with van der Waals surface area (Å²) in [5, 5.41) is 2.59. The number of nitroso groups, excluding NO2 is 1. The highest BCUT2D eigenvalue weighted by Gasteiger charge is 2.24. The molecule has 1 atom stereocenters. The van der Waals surface area contributed by atoms with Crippen molar-refractivity contribution in [1.29, 1.82) is 0 Å². The first kappa shape index (κ1) is 14.4. The van der Waals surface area contributed by atoms with E-state index in [4.69, 9.17) is 33.7 Å². The van der Waals surface area contributed by atoms with Gasteiger partial charge in [-0.2, -0.15) is 0 Å². The molecule has 96 valence electrons. The first-order valence-electron chi connectivity index (χ1n) is 4.72. The highest BCUT2D eigenvalue weighted by atomic mass is 35.5. The van der Waals surface area contributed by atoms with Crippen LogP contribution in [0, 0.1) is 4.91 Å².